The Morgan fingerprint density at radius 1 is 1.07 bits per heavy atom. The van der Waals surface area contributed by atoms with Crippen LogP contribution in [-0.2, 0) is 4.79 Å². The Morgan fingerprint density at radius 3 is 2.52 bits per heavy atom. The van der Waals surface area contributed by atoms with Gasteiger partial charge in [-0.1, -0.05) is 30.3 Å². The van der Waals surface area contributed by atoms with Crippen LogP contribution in [0.1, 0.15) is 25.7 Å². The van der Waals surface area contributed by atoms with Crippen LogP contribution in [0.15, 0.2) is 53.3 Å². The minimum atomic E-state index is -0.211. The molecule has 0 saturated heterocycles. The lowest BCUT2D eigenvalue weighted by molar-refractivity contribution is -0.121. The van der Waals surface area contributed by atoms with Gasteiger partial charge in [0.15, 0.2) is 0 Å². The first-order valence-electron chi connectivity index (χ1n) is 9.74. The third kappa shape index (κ3) is 4.49. The Morgan fingerprint density at radius 2 is 1.79 bits per heavy atom. The fourth-order valence-electron chi connectivity index (χ4n) is 3.98. The number of rotatable bonds is 4. The molecule has 1 amide bonds. The van der Waals surface area contributed by atoms with Crippen molar-refractivity contribution in [2.24, 2.45) is 17.6 Å². The van der Waals surface area contributed by atoms with Gasteiger partial charge in [0, 0.05) is 22.6 Å². The van der Waals surface area contributed by atoms with E-state index in [0.29, 0.717) is 23.5 Å². The van der Waals surface area contributed by atoms with Crippen molar-refractivity contribution in [3.63, 3.8) is 0 Å². The fraction of sp³-hybridized carbons (Fsp3) is 0.318. The van der Waals surface area contributed by atoms with Crippen molar-refractivity contribution in [1.29, 1.82) is 0 Å². The first kappa shape index (κ1) is 21.0. The zero-order valence-corrected chi connectivity index (χ0v) is 16.9. The summed E-state index contributed by atoms with van der Waals surface area (Å²) in [6, 6.07) is 15.0. The van der Waals surface area contributed by atoms with E-state index in [1.807, 2.05) is 42.5 Å². The van der Waals surface area contributed by atoms with Crippen LogP contribution >= 0.6 is 12.4 Å². The van der Waals surface area contributed by atoms with Gasteiger partial charge in [-0.15, -0.1) is 12.4 Å². The van der Waals surface area contributed by atoms with Gasteiger partial charge in [0.05, 0.1) is 11.1 Å². The average molecular weight is 413 g/mol. The number of amides is 1. The molecule has 1 fully saturated rings. The molecule has 2 aromatic carbocycles. The number of nitrogens with two attached hydrogens (primary N) is 1. The highest BCUT2D eigenvalue weighted by Gasteiger charge is 2.25. The van der Waals surface area contributed by atoms with E-state index in [1.165, 1.54) is 0 Å². The van der Waals surface area contributed by atoms with E-state index in [4.69, 9.17) is 5.73 Å². The van der Waals surface area contributed by atoms with Crippen LogP contribution in [0.5, 0.6) is 0 Å². The number of carbonyl (C=O) groups excluding carboxylic acids is 1. The molecule has 1 aromatic heterocycles. The highest BCUT2D eigenvalue weighted by Crippen LogP contribution is 2.30. The van der Waals surface area contributed by atoms with Crippen molar-refractivity contribution < 1.29 is 4.79 Å². The number of hydrogen-bond donors (Lipinski definition) is 3. The van der Waals surface area contributed by atoms with E-state index >= 15 is 0 Å². The van der Waals surface area contributed by atoms with Crippen molar-refractivity contribution in [1.82, 2.24) is 10.2 Å². The van der Waals surface area contributed by atoms with Crippen LogP contribution in [0, 0.1) is 11.8 Å². The molecule has 0 bridgehead atoms. The molecule has 6 nitrogen and oxygen atoms in total. The molecule has 1 saturated carbocycles. The number of anilines is 1. The van der Waals surface area contributed by atoms with Gasteiger partial charge >= 0.3 is 0 Å². The van der Waals surface area contributed by atoms with Gasteiger partial charge in [0.25, 0.3) is 5.56 Å². The standard InChI is InChI=1S/C22H24N4O2.ClH/c23-13-14-8-10-15(11-9-14)21(27)24-17-5-3-4-16(12-17)20-18-6-1-2-7-19(18)22(28)26-25-20;/h1-7,12,14-15H,8-11,13,23H2,(H,24,27)(H,26,28);1H. The zero-order valence-electron chi connectivity index (χ0n) is 16.1. The molecule has 0 unspecified atom stereocenters. The number of fused-ring (bicyclic) bond motifs is 1. The van der Waals surface area contributed by atoms with Gasteiger partial charge in [0.1, 0.15) is 0 Å². The summed E-state index contributed by atoms with van der Waals surface area (Å²) in [6.07, 6.45) is 3.81. The van der Waals surface area contributed by atoms with Crippen LogP contribution < -0.4 is 16.6 Å². The van der Waals surface area contributed by atoms with E-state index in [1.54, 1.807) is 6.07 Å². The lowest BCUT2D eigenvalue weighted by Crippen LogP contribution is -2.29. The van der Waals surface area contributed by atoms with E-state index in [0.717, 1.165) is 42.3 Å². The average Bonchev–Trinajstić information content (AvgIpc) is 2.74. The number of benzene rings is 2. The Labute approximate surface area is 175 Å². The quantitative estimate of drug-likeness (QED) is 0.607. The van der Waals surface area contributed by atoms with Gasteiger partial charge in [-0.2, -0.15) is 5.10 Å². The second kappa shape index (κ2) is 9.20. The Bertz CT molecular complexity index is 1060. The normalized spacial score (nSPS) is 18.8. The number of hydrogen-bond acceptors (Lipinski definition) is 4. The highest BCUT2D eigenvalue weighted by atomic mass is 35.5. The number of nitrogens with one attached hydrogen (secondary N) is 2. The molecule has 0 radical (unpaired) electrons. The fourth-order valence-corrected chi connectivity index (χ4v) is 3.98. The largest absolute Gasteiger partial charge is 0.330 e. The Kier molecular flexibility index (Phi) is 6.67. The minimum absolute atomic E-state index is 0. The van der Waals surface area contributed by atoms with Crippen molar-refractivity contribution >= 4 is 34.8 Å². The molecule has 29 heavy (non-hydrogen) atoms. The molecule has 152 valence electrons. The number of aromatic amines is 1. The molecule has 1 heterocycles. The second-order valence-electron chi connectivity index (χ2n) is 7.47. The summed E-state index contributed by atoms with van der Waals surface area (Å²) in [5.74, 6) is 0.650. The van der Waals surface area contributed by atoms with Crippen molar-refractivity contribution in [3.8, 4) is 11.3 Å². The molecule has 0 aliphatic heterocycles. The highest BCUT2D eigenvalue weighted by molar-refractivity contribution is 5.96. The van der Waals surface area contributed by atoms with Crippen molar-refractivity contribution in [3.05, 3.63) is 58.9 Å². The molecule has 1 aliphatic carbocycles. The number of nitrogens with zero attached hydrogens (tertiary/aromatic N) is 1. The van der Waals surface area contributed by atoms with Crippen LogP contribution in [-0.4, -0.2) is 22.6 Å². The van der Waals surface area contributed by atoms with Gasteiger partial charge in [-0.3, -0.25) is 9.59 Å². The lowest BCUT2D eigenvalue weighted by atomic mass is 9.81. The molecule has 4 N–H and O–H groups in total. The molecule has 0 spiro atoms. The third-order valence-corrected chi connectivity index (χ3v) is 5.65. The second-order valence-corrected chi connectivity index (χ2v) is 7.47. The van der Waals surface area contributed by atoms with E-state index in [2.05, 4.69) is 15.5 Å². The summed E-state index contributed by atoms with van der Waals surface area (Å²) >= 11 is 0. The molecule has 0 atom stereocenters. The van der Waals surface area contributed by atoms with Crippen LogP contribution in [0.3, 0.4) is 0 Å². The van der Waals surface area contributed by atoms with E-state index < -0.39 is 0 Å². The van der Waals surface area contributed by atoms with Gasteiger partial charge in [-0.05, 0) is 56.3 Å². The molecule has 3 aromatic rings. The summed E-state index contributed by atoms with van der Waals surface area (Å²) in [4.78, 5) is 24.7. The maximum atomic E-state index is 12.7. The van der Waals surface area contributed by atoms with Gasteiger partial charge in [0.2, 0.25) is 5.91 Å². The predicted octanol–water partition coefficient (Wildman–Crippen LogP) is 3.72. The predicted molar refractivity (Wildman–Crippen MR) is 118 cm³/mol. The molecule has 4 rings (SSSR count). The van der Waals surface area contributed by atoms with Crippen molar-refractivity contribution in [2.75, 3.05) is 11.9 Å². The molecule has 1 aliphatic rings. The van der Waals surface area contributed by atoms with Crippen LogP contribution in [0.4, 0.5) is 5.69 Å². The number of H-pyrrole nitrogens is 1. The summed E-state index contributed by atoms with van der Waals surface area (Å²) < 4.78 is 0. The Balaban J connectivity index is 0.00000240. The van der Waals surface area contributed by atoms with Gasteiger partial charge in [-0.25, -0.2) is 5.10 Å². The monoisotopic (exact) mass is 412 g/mol. The summed E-state index contributed by atoms with van der Waals surface area (Å²) in [5, 5.41) is 11.2. The van der Waals surface area contributed by atoms with Gasteiger partial charge < -0.3 is 11.1 Å². The van der Waals surface area contributed by atoms with E-state index in [-0.39, 0.29) is 29.8 Å². The first-order valence-corrected chi connectivity index (χ1v) is 9.74. The molecular formula is C22H25ClN4O2. The maximum absolute atomic E-state index is 12.7. The SMILES string of the molecule is Cl.NCC1CCC(C(=O)Nc2cccc(-c3n[nH]c(=O)c4ccccc34)c2)CC1. The van der Waals surface area contributed by atoms with Crippen LogP contribution in [0.2, 0.25) is 0 Å². The maximum Gasteiger partial charge on any atom is 0.272 e. The number of carbonyl (C=O) groups is 1. The van der Waals surface area contributed by atoms with E-state index in [9.17, 15) is 9.59 Å². The zero-order chi connectivity index (χ0) is 19.5. The first-order chi connectivity index (χ1) is 13.7. The topological polar surface area (TPSA) is 101 Å². The van der Waals surface area contributed by atoms with Crippen molar-refractivity contribution in [2.45, 2.75) is 25.7 Å². The summed E-state index contributed by atoms with van der Waals surface area (Å²) in [6.45, 7) is 0.705. The minimum Gasteiger partial charge on any atom is -0.330 e. The number of aromatic nitrogens is 2. The lowest BCUT2D eigenvalue weighted by Gasteiger charge is -2.26. The molecule has 7 heteroatoms. The Hall–Kier alpha value is -2.70. The molecular weight excluding hydrogens is 388 g/mol. The smallest absolute Gasteiger partial charge is 0.272 e. The summed E-state index contributed by atoms with van der Waals surface area (Å²) in [5.41, 5.74) is 7.80. The third-order valence-electron chi connectivity index (χ3n) is 5.65. The van der Waals surface area contributed by atoms with Crippen LogP contribution in [0.25, 0.3) is 22.0 Å². The summed E-state index contributed by atoms with van der Waals surface area (Å²) in [7, 11) is 0. The number of halogens is 1.